The molecule has 288 valence electrons. The van der Waals surface area contributed by atoms with E-state index in [1.165, 1.54) is 11.1 Å². The van der Waals surface area contributed by atoms with Crippen LogP contribution in [0.25, 0.3) is 0 Å². The van der Waals surface area contributed by atoms with Crippen molar-refractivity contribution in [2.75, 3.05) is 13.1 Å². The summed E-state index contributed by atoms with van der Waals surface area (Å²) in [6.07, 6.45) is 8.28. The number of fused-ring (bicyclic) bond motifs is 7. The zero-order valence-corrected chi connectivity index (χ0v) is 33.6. The van der Waals surface area contributed by atoms with Crippen molar-refractivity contribution < 1.29 is 29.3 Å². The first-order chi connectivity index (χ1) is 24.2. The third kappa shape index (κ3) is 6.12. The first kappa shape index (κ1) is 39.2. The van der Waals surface area contributed by atoms with Crippen molar-refractivity contribution in [2.24, 2.45) is 56.2 Å². The van der Waals surface area contributed by atoms with Crippen molar-refractivity contribution in [3.8, 4) is 0 Å². The fraction of sp³-hybridized carbons (Fsp3) is 0.756. The summed E-state index contributed by atoms with van der Waals surface area (Å²) in [5, 5.41) is 25.3. The van der Waals surface area contributed by atoms with Crippen LogP contribution in [0, 0.1) is 56.2 Å². The number of nitrogens with one attached hydrogen (secondary N) is 1. The molecule has 9 atom stereocenters. The molecule has 0 heterocycles. The van der Waals surface area contributed by atoms with E-state index in [-0.39, 0.29) is 51.8 Å². The van der Waals surface area contributed by atoms with Gasteiger partial charge in [-0.25, -0.2) is 0 Å². The highest BCUT2D eigenvalue weighted by Gasteiger charge is 2.70. The topological polar surface area (TPSA) is 113 Å². The predicted molar refractivity (Wildman–Crippen MR) is 204 cm³/mol. The summed E-state index contributed by atoms with van der Waals surface area (Å²) in [7, 11) is 0. The Hall–Kier alpha value is -2.51. The number of aliphatic carboxylic acids is 1. The highest BCUT2D eigenvalue weighted by atomic mass is 16.5. The Morgan fingerprint density at radius 1 is 0.923 bits per heavy atom. The number of carboxylic acid groups (broad SMARTS) is 1. The number of hydrogen-bond donors (Lipinski definition) is 3. The molecule has 0 amide bonds. The number of allylic oxidation sites excluding steroid dienone is 1. The molecule has 0 aromatic heterocycles. The highest BCUT2D eigenvalue weighted by Crippen LogP contribution is 2.77. The van der Waals surface area contributed by atoms with Crippen LogP contribution in [0.2, 0.25) is 0 Å². The molecule has 0 bridgehead atoms. The van der Waals surface area contributed by atoms with E-state index in [1.54, 1.807) is 13.8 Å². The number of rotatable bonds is 11. The van der Waals surface area contributed by atoms with Gasteiger partial charge in [0.2, 0.25) is 0 Å². The second-order valence-electron chi connectivity index (χ2n) is 20.0. The van der Waals surface area contributed by atoms with Gasteiger partial charge in [0.25, 0.3) is 0 Å². The van der Waals surface area contributed by atoms with Crippen LogP contribution in [0.15, 0.2) is 41.5 Å². The lowest BCUT2D eigenvalue weighted by molar-refractivity contribution is -0.235. The number of ketones is 1. The van der Waals surface area contributed by atoms with Crippen LogP contribution >= 0.6 is 0 Å². The van der Waals surface area contributed by atoms with Crippen LogP contribution in [0.4, 0.5) is 0 Å². The molecule has 5 aliphatic rings. The Balaban J connectivity index is 1.24. The summed E-state index contributed by atoms with van der Waals surface area (Å²) in [6.45, 7) is 21.0. The number of carbonyl (C=O) groups is 3. The minimum absolute atomic E-state index is 0.00379. The Morgan fingerprint density at radius 3 is 2.27 bits per heavy atom. The summed E-state index contributed by atoms with van der Waals surface area (Å²) in [5.74, 6) is 0.126. The van der Waals surface area contributed by atoms with Gasteiger partial charge >= 0.3 is 11.9 Å². The van der Waals surface area contributed by atoms with E-state index >= 15 is 0 Å². The highest BCUT2D eigenvalue weighted by molar-refractivity contribution is 6.00. The number of aliphatic hydroxyl groups excluding tert-OH is 1. The minimum Gasteiger partial charge on any atom is -0.481 e. The first-order valence-electron chi connectivity index (χ1n) is 20.4. The van der Waals surface area contributed by atoms with Crippen molar-refractivity contribution in [3.63, 3.8) is 0 Å². The van der Waals surface area contributed by atoms with Gasteiger partial charge in [-0.2, -0.15) is 0 Å². The number of ether oxygens (including phenoxy) is 1. The third-order valence-corrected chi connectivity index (χ3v) is 16.3. The van der Waals surface area contributed by atoms with Gasteiger partial charge in [0.05, 0.1) is 17.9 Å². The van der Waals surface area contributed by atoms with Crippen molar-refractivity contribution in [1.29, 1.82) is 0 Å². The van der Waals surface area contributed by atoms with Crippen LogP contribution in [-0.4, -0.2) is 53.2 Å². The molecule has 6 rings (SSSR count). The Bertz CT molecular complexity index is 1580. The maximum atomic E-state index is 14.0. The maximum Gasteiger partial charge on any atom is 0.309 e. The van der Waals surface area contributed by atoms with Crippen molar-refractivity contribution >= 4 is 17.7 Å². The van der Waals surface area contributed by atoms with E-state index in [0.29, 0.717) is 24.8 Å². The molecule has 0 saturated heterocycles. The zero-order chi connectivity index (χ0) is 38.1. The SMILES string of the molecule is CC(C)C1=C2[C@H]3CC[C@@H]4[C@@]5(C)CC[C@H](OC(=O)CC(C)(C)C(=O)O)C(C)(C)[C@@H]5CC[C@@]4(C)[C@]3(C)CC[C@@]2([C@@H](O)CNCCc2ccccc2)CC1=O. The number of carbonyl (C=O) groups excluding carboxylic acids is 2. The Morgan fingerprint density at radius 2 is 1.62 bits per heavy atom. The number of benzene rings is 1. The molecule has 5 aliphatic carbocycles. The number of Topliss-reactive ketones (excluding diaryl/α,β-unsaturated/α-hetero) is 1. The van der Waals surface area contributed by atoms with E-state index in [4.69, 9.17) is 4.74 Å². The third-order valence-electron chi connectivity index (χ3n) is 16.3. The molecular formula is C45H67NO6. The Labute approximate surface area is 313 Å². The summed E-state index contributed by atoms with van der Waals surface area (Å²) < 4.78 is 6.17. The summed E-state index contributed by atoms with van der Waals surface area (Å²) in [6, 6.07) is 10.4. The summed E-state index contributed by atoms with van der Waals surface area (Å²) in [5.41, 5.74) is 1.85. The molecule has 3 N–H and O–H groups in total. The fourth-order valence-electron chi connectivity index (χ4n) is 13.2. The molecule has 0 spiro atoms. The predicted octanol–water partition coefficient (Wildman–Crippen LogP) is 8.57. The van der Waals surface area contributed by atoms with E-state index < -0.39 is 28.9 Å². The standard InChI is InChI=1S/C45H67NO6/c1-28(2)37-31(47)25-45(34(48)27-46-24-19-29-13-11-10-12-14-29)23-22-43(8)30(38(37)45)15-16-33-42(7)20-18-35(52-36(49)26-40(3,4)39(50)51)41(5,6)32(42)17-21-44(33,43)9/h10-14,28,30,32-35,46,48H,15-27H2,1-9H3,(H,50,51)/t30-,32+,33-,34+,35+,42+,43-,44-,45+/m1/s1. The monoisotopic (exact) mass is 717 g/mol. The second-order valence-corrected chi connectivity index (χ2v) is 20.0. The van der Waals surface area contributed by atoms with Crippen molar-refractivity contribution in [3.05, 3.63) is 47.0 Å². The van der Waals surface area contributed by atoms with Gasteiger partial charge in [0.1, 0.15) is 6.10 Å². The van der Waals surface area contributed by atoms with Gasteiger partial charge in [-0.3, -0.25) is 14.4 Å². The number of esters is 1. The molecule has 4 saturated carbocycles. The van der Waals surface area contributed by atoms with Gasteiger partial charge in [-0.15, -0.1) is 0 Å². The zero-order valence-electron chi connectivity index (χ0n) is 33.6. The van der Waals surface area contributed by atoms with Crippen molar-refractivity contribution in [1.82, 2.24) is 5.32 Å². The smallest absolute Gasteiger partial charge is 0.309 e. The van der Waals surface area contributed by atoms with Gasteiger partial charge in [-0.1, -0.05) is 84.4 Å². The van der Waals surface area contributed by atoms with Crippen LogP contribution in [0.3, 0.4) is 0 Å². The van der Waals surface area contributed by atoms with Gasteiger partial charge in [0, 0.05) is 23.8 Å². The molecule has 7 heteroatoms. The van der Waals surface area contributed by atoms with E-state index in [9.17, 15) is 24.6 Å². The molecule has 0 radical (unpaired) electrons. The van der Waals surface area contributed by atoms with Crippen LogP contribution in [0.1, 0.15) is 132 Å². The molecule has 1 aromatic carbocycles. The molecular weight excluding hydrogens is 650 g/mol. The maximum absolute atomic E-state index is 14.0. The van der Waals surface area contributed by atoms with E-state index in [1.807, 2.05) is 6.07 Å². The van der Waals surface area contributed by atoms with Crippen LogP contribution in [0.5, 0.6) is 0 Å². The lowest BCUT2D eigenvalue weighted by atomic mass is 9.33. The normalized spacial score (nSPS) is 37.5. The molecule has 7 nitrogen and oxygen atoms in total. The first-order valence-corrected chi connectivity index (χ1v) is 20.4. The van der Waals surface area contributed by atoms with Crippen LogP contribution in [-0.2, 0) is 25.5 Å². The lowest BCUT2D eigenvalue weighted by Gasteiger charge is -2.72. The summed E-state index contributed by atoms with van der Waals surface area (Å²) in [4.78, 5) is 38.8. The number of carboxylic acids is 1. The Kier molecular flexibility index (Phi) is 10.3. The molecule has 1 aromatic rings. The van der Waals surface area contributed by atoms with Crippen LogP contribution < -0.4 is 5.32 Å². The molecule has 0 unspecified atom stereocenters. The molecule has 52 heavy (non-hydrogen) atoms. The van der Waals surface area contributed by atoms with Crippen molar-refractivity contribution in [2.45, 2.75) is 145 Å². The molecule has 4 fully saturated rings. The average molecular weight is 718 g/mol. The van der Waals surface area contributed by atoms with E-state index in [0.717, 1.165) is 69.9 Å². The number of hydrogen-bond acceptors (Lipinski definition) is 6. The summed E-state index contributed by atoms with van der Waals surface area (Å²) >= 11 is 0. The fourth-order valence-corrected chi connectivity index (χ4v) is 13.2. The molecule has 0 aliphatic heterocycles. The van der Waals surface area contributed by atoms with Gasteiger partial charge in [-0.05, 0) is 129 Å². The second kappa shape index (κ2) is 13.7. The lowest BCUT2D eigenvalue weighted by Crippen LogP contribution is -2.66. The quantitative estimate of drug-likeness (QED) is 0.155. The largest absolute Gasteiger partial charge is 0.481 e. The minimum atomic E-state index is -1.16. The van der Waals surface area contributed by atoms with E-state index in [2.05, 4.69) is 78.0 Å². The van der Waals surface area contributed by atoms with Gasteiger partial charge in [0.15, 0.2) is 5.78 Å². The average Bonchev–Trinajstić information content (AvgIpc) is 3.38. The van der Waals surface area contributed by atoms with Gasteiger partial charge < -0.3 is 20.3 Å². The number of aliphatic hydroxyl groups is 1.